The van der Waals surface area contributed by atoms with Crippen molar-refractivity contribution in [2.75, 3.05) is 0 Å². The zero-order valence-electron chi connectivity index (χ0n) is 12.5. The Morgan fingerprint density at radius 2 is 1.82 bits per heavy atom. The van der Waals surface area contributed by atoms with E-state index in [1.807, 2.05) is 0 Å². The van der Waals surface area contributed by atoms with Crippen molar-refractivity contribution in [2.45, 2.75) is 32.9 Å². The molecule has 1 aromatic heterocycles. The average molecular weight is 304 g/mol. The smallest absolute Gasteiger partial charge is 0.357 e. The maximum Gasteiger partial charge on any atom is 0.357 e. The number of carboxylic acids is 1. The maximum absolute atomic E-state index is 12.3. The summed E-state index contributed by atoms with van der Waals surface area (Å²) in [6.07, 6.45) is 0. The standard InChI is InChI=1S/C15H16N2O5/c1-15(2,3)22-11(18)8-17-13(19)10-7-5-4-6-9(10)12(16-17)14(20)21/h4-7H,8H2,1-3H3,(H,20,21). The van der Waals surface area contributed by atoms with Crippen molar-refractivity contribution in [3.63, 3.8) is 0 Å². The summed E-state index contributed by atoms with van der Waals surface area (Å²) in [4.78, 5) is 35.4. The van der Waals surface area contributed by atoms with Crippen LogP contribution in [0.5, 0.6) is 0 Å². The fourth-order valence-electron chi connectivity index (χ4n) is 2.00. The first-order valence-electron chi connectivity index (χ1n) is 6.64. The first-order valence-corrected chi connectivity index (χ1v) is 6.64. The zero-order valence-corrected chi connectivity index (χ0v) is 12.5. The molecular formula is C15H16N2O5. The number of benzene rings is 1. The molecule has 0 saturated carbocycles. The molecule has 1 aromatic carbocycles. The highest BCUT2D eigenvalue weighted by Gasteiger charge is 2.20. The van der Waals surface area contributed by atoms with Gasteiger partial charge in [-0.1, -0.05) is 18.2 Å². The molecular weight excluding hydrogens is 288 g/mol. The highest BCUT2D eigenvalue weighted by Crippen LogP contribution is 2.13. The molecule has 0 atom stereocenters. The van der Waals surface area contributed by atoms with Gasteiger partial charge in [0.1, 0.15) is 12.1 Å². The SMILES string of the molecule is CC(C)(C)OC(=O)Cn1nc(C(=O)O)c2ccccc2c1=O. The van der Waals surface area contributed by atoms with Crippen molar-refractivity contribution in [2.24, 2.45) is 0 Å². The Morgan fingerprint density at radius 1 is 1.23 bits per heavy atom. The third-order valence-corrected chi connectivity index (χ3v) is 2.77. The van der Waals surface area contributed by atoms with Crippen LogP contribution in [0.3, 0.4) is 0 Å². The fraction of sp³-hybridized carbons (Fsp3) is 0.333. The Morgan fingerprint density at radius 3 is 2.36 bits per heavy atom. The summed E-state index contributed by atoms with van der Waals surface area (Å²) < 4.78 is 5.94. The van der Waals surface area contributed by atoms with Crippen molar-refractivity contribution in [3.8, 4) is 0 Å². The van der Waals surface area contributed by atoms with E-state index in [9.17, 15) is 19.5 Å². The minimum Gasteiger partial charge on any atom is -0.476 e. The number of fused-ring (bicyclic) bond motifs is 1. The third kappa shape index (κ3) is 3.30. The van der Waals surface area contributed by atoms with Gasteiger partial charge in [-0.05, 0) is 26.8 Å². The molecule has 0 saturated heterocycles. The van der Waals surface area contributed by atoms with Gasteiger partial charge in [-0.15, -0.1) is 0 Å². The molecule has 7 nitrogen and oxygen atoms in total. The Labute approximate surface area is 126 Å². The molecule has 2 aromatic rings. The van der Waals surface area contributed by atoms with Crippen LogP contribution < -0.4 is 5.56 Å². The van der Waals surface area contributed by atoms with Gasteiger partial charge in [0, 0.05) is 5.39 Å². The number of aromatic carboxylic acids is 1. The van der Waals surface area contributed by atoms with Gasteiger partial charge in [-0.25, -0.2) is 9.48 Å². The summed E-state index contributed by atoms with van der Waals surface area (Å²) in [5.41, 5.74) is -1.52. The third-order valence-electron chi connectivity index (χ3n) is 2.77. The van der Waals surface area contributed by atoms with Crippen molar-refractivity contribution >= 4 is 22.7 Å². The maximum atomic E-state index is 12.3. The van der Waals surface area contributed by atoms with Crippen LogP contribution in [0.4, 0.5) is 0 Å². The van der Waals surface area contributed by atoms with E-state index in [0.29, 0.717) is 0 Å². The number of carbonyl (C=O) groups excluding carboxylic acids is 1. The molecule has 0 aliphatic carbocycles. The number of hydrogen-bond donors (Lipinski definition) is 1. The normalized spacial score (nSPS) is 11.4. The molecule has 0 aliphatic heterocycles. The van der Waals surface area contributed by atoms with Gasteiger partial charge in [0.05, 0.1) is 5.39 Å². The lowest BCUT2D eigenvalue weighted by Gasteiger charge is -2.19. The number of esters is 1. The Balaban J connectivity index is 2.51. The van der Waals surface area contributed by atoms with Crippen molar-refractivity contribution in [1.29, 1.82) is 0 Å². The number of rotatable bonds is 3. The molecule has 0 spiro atoms. The van der Waals surface area contributed by atoms with Crippen LogP contribution in [-0.4, -0.2) is 32.4 Å². The summed E-state index contributed by atoms with van der Waals surface area (Å²) in [6.45, 7) is 4.65. The van der Waals surface area contributed by atoms with Crippen LogP contribution in [-0.2, 0) is 16.1 Å². The first-order chi connectivity index (χ1) is 10.2. The second-order valence-corrected chi connectivity index (χ2v) is 5.75. The number of hydrogen-bond acceptors (Lipinski definition) is 5. The highest BCUT2D eigenvalue weighted by molar-refractivity contribution is 6.01. The van der Waals surface area contributed by atoms with Crippen LogP contribution in [0.1, 0.15) is 31.3 Å². The lowest BCUT2D eigenvalue weighted by atomic mass is 10.1. The summed E-state index contributed by atoms with van der Waals surface area (Å²) in [5.74, 6) is -1.93. The van der Waals surface area contributed by atoms with Gasteiger partial charge in [-0.3, -0.25) is 9.59 Å². The van der Waals surface area contributed by atoms with E-state index >= 15 is 0 Å². The fourth-order valence-corrected chi connectivity index (χ4v) is 2.00. The van der Waals surface area contributed by atoms with Crippen LogP contribution in [0.2, 0.25) is 0 Å². The van der Waals surface area contributed by atoms with Crippen LogP contribution >= 0.6 is 0 Å². The van der Waals surface area contributed by atoms with E-state index in [4.69, 9.17) is 4.74 Å². The van der Waals surface area contributed by atoms with Crippen LogP contribution in [0, 0.1) is 0 Å². The number of aromatic nitrogens is 2. The minimum atomic E-state index is -1.27. The van der Waals surface area contributed by atoms with Crippen LogP contribution in [0.25, 0.3) is 10.8 Å². The molecule has 0 unspecified atom stereocenters. The summed E-state index contributed by atoms with van der Waals surface area (Å²) in [6, 6.07) is 6.24. The molecule has 1 heterocycles. The molecule has 22 heavy (non-hydrogen) atoms. The van der Waals surface area contributed by atoms with Gasteiger partial charge in [0.2, 0.25) is 0 Å². The Bertz CT molecular complexity index is 802. The van der Waals surface area contributed by atoms with E-state index in [0.717, 1.165) is 4.68 Å². The largest absolute Gasteiger partial charge is 0.476 e. The number of ether oxygens (including phenoxy) is 1. The second-order valence-electron chi connectivity index (χ2n) is 5.75. The van der Waals surface area contributed by atoms with Gasteiger partial charge in [0.25, 0.3) is 5.56 Å². The number of carboxylic acid groups (broad SMARTS) is 1. The van der Waals surface area contributed by atoms with Crippen molar-refractivity contribution in [1.82, 2.24) is 9.78 Å². The number of carbonyl (C=O) groups is 2. The molecule has 0 radical (unpaired) electrons. The molecule has 0 bridgehead atoms. The van der Waals surface area contributed by atoms with E-state index in [2.05, 4.69) is 5.10 Å². The lowest BCUT2D eigenvalue weighted by Crippen LogP contribution is -2.33. The topological polar surface area (TPSA) is 98.5 Å². The lowest BCUT2D eigenvalue weighted by molar-refractivity contribution is -0.155. The number of nitrogens with zero attached hydrogens (tertiary/aromatic N) is 2. The zero-order chi connectivity index (χ0) is 16.5. The van der Waals surface area contributed by atoms with Gasteiger partial charge < -0.3 is 9.84 Å². The summed E-state index contributed by atoms with van der Waals surface area (Å²) >= 11 is 0. The average Bonchev–Trinajstić information content (AvgIpc) is 2.39. The van der Waals surface area contributed by atoms with E-state index in [-0.39, 0.29) is 16.5 Å². The Kier molecular flexibility index (Phi) is 3.99. The van der Waals surface area contributed by atoms with E-state index in [1.165, 1.54) is 12.1 Å². The molecule has 0 aliphatic rings. The monoisotopic (exact) mass is 304 g/mol. The van der Waals surface area contributed by atoms with Gasteiger partial charge >= 0.3 is 11.9 Å². The minimum absolute atomic E-state index is 0.193. The van der Waals surface area contributed by atoms with E-state index in [1.54, 1.807) is 32.9 Å². The molecule has 1 N–H and O–H groups in total. The van der Waals surface area contributed by atoms with Gasteiger partial charge in [-0.2, -0.15) is 5.10 Å². The predicted octanol–water partition coefficient (Wildman–Crippen LogP) is 1.44. The van der Waals surface area contributed by atoms with Crippen molar-refractivity contribution in [3.05, 3.63) is 40.3 Å². The summed E-state index contributed by atoms with van der Waals surface area (Å²) in [7, 11) is 0. The van der Waals surface area contributed by atoms with Gasteiger partial charge in [0.15, 0.2) is 5.69 Å². The molecule has 0 amide bonds. The predicted molar refractivity (Wildman–Crippen MR) is 78.8 cm³/mol. The molecule has 7 heteroatoms. The molecule has 116 valence electrons. The van der Waals surface area contributed by atoms with Crippen LogP contribution in [0.15, 0.2) is 29.1 Å². The van der Waals surface area contributed by atoms with E-state index < -0.39 is 29.6 Å². The first kappa shape index (κ1) is 15.7. The molecule has 2 rings (SSSR count). The second kappa shape index (κ2) is 5.59. The quantitative estimate of drug-likeness (QED) is 0.861. The molecule has 0 fully saturated rings. The van der Waals surface area contributed by atoms with Crippen molar-refractivity contribution < 1.29 is 19.4 Å². The summed E-state index contributed by atoms with van der Waals surface area (Å²) in [5, 5.41) is 13.4. The Hall–Kier alpha value is -2.70. The highest BCUT2D eigenvalue weighted by atomic mass is 16.6.